The minimum atomic E-state index is 0.274. The zero-order valence-corrected chi connectivity index (χ0v) is 10.3. The largest absolute Gasteiger partial charge is 0.0900 e. The molecule has 0 aliphatic heterocycles. The Hall–Kier alpha value is -2.00. The van der Waals surface area contributed by atoms with E-state index in [9.17, 15) is 0 Å². The minimum absolute atomic E-state index is 0.274. The summed E-state index contributed by atoms with van der Waals surface area (Å²) in [4.78, 5) is 0. The molecule has 0 aliphatic rings. The molecule has 0 radical (unpaired) electrons. The van der Waals surface area contributed by atoms with Gasteiger partial charge in [0.25, 0.3) is 0 Å². The van der Waals surface area contributed by atoms with Gasteiger partial charge < -0.3 is 0 Å². The van der Waals surface area contributed by atoms with E-state index in [2.05, 4.69) is 50.0 Å². The van der Waals surface area contributed by atoms with Gasteiger partial charge in [-0.25, -0.2) is 0 Å². The van der Waals surface area contributed by atoms with Crippen LogP contribution in [0, 0.1) is 18.8 Å². The van der Waals surface area contributed by atoms with Crippen molar-refractivity contribution in [3.8, 4) is 11.8 Å². The van der Waals surface area contributed by atoms with Gasteiger partial charge in [-0.2, -0.15) is 0 Å². The SMILES string of the molecule is Cc1ccc(C(C)C#Cc2ccccc2)cc1. The predicted octanol–water partition coefficient (Wildman–Crippen LogP) is 4.15. The summed E-state index contributed by atoms with van der Waals surface area (Å²) < 4.78 is 0. The fourth-order valence-electron chi connectivity index (χ4n) is 1.65. The molecule has 2 aromatic carbocycles. The van der Waals surface area contributed by atoms with Crippen LogP contribution in [0.1, 0.15) is 29.5 Å². The third-order valence-electron chi connectivity index (χ3n) is 2.78. The van der Waals surface area contributed by atoms with Crippen LogP contribution in [0.5, 0.6) is 0 Å². The third-order valence-corrected chi connectivity index (χ3v) is 2.78. The molecular weight excluding hydrogens is 204 g/mol. The van der Waals surface area contributed by atoms with Crippen molar-refractivity contribution in [3.05, 3.63) is 71.3 Å². The number of hydrogen-bond donors (Lipinski definition) is 0. The summed E-state index contributed by atoms with van der Waals surface area (Å²) in [6, 6.07) is 18.7. The molecule has 1 unspecified atom stereocenters. The molecule has 0 spiro atoms. The van der Waals surface area contributed by atoms with Crippen molar-refractivity contribution in [2.75, 3.05) is 0 Å². The maximum absolute atomic E-state index is 3.28. The van der Waals surface area contributed by atoms with Crippen LogP contribution in [0.15, 0.2) is 54.6 Å². The number of rotatable bonds is 1. The summed E-state index contributed by atoms with van der Waals surface area (Å²) in [5, 5.41) is 0. The van der Waals surface area contributed by atoms with Crippen molar-refractivity contribution < 1.29 is 0 Å². The van der Waals surface area contributed by atoms with Gasteiger partial charge in [-0.3, -0.25) is 0 Å². The molecule has 0 fully saturated rings. The molecule has 0 nitrogen and oxygen atoms in total. The van der Waals surface area contributed by atoms with Crippen LogP contribution in [0.2, 0.25) is 0 Å². The molecule has 2 aromatic rings. The van der Waals surface area contributed by atoms with Crippen LogP contribution in [-0.4, -0.2) is 0 Å². The first kappa shape index (κ1) is 11.5. The molecule has 1 atom stereocenters. The predicted molar refractivity (Wildman–Crippen MR) is 72.9 cm³/mol. The van der Waals surface area contributed by atoms with E-state index in [-0.39, 0.29) is 5.92 Å². The van der Waals surface area contributed by atoms with E-state index >= 15 is 0 Å². The van der Waals surface area contributed by atoms with E-state index in [0.29, 0.717) is 0 Å². The molecule has 84 valence electrons. The molecule has 0 aromatic heterocycles. The molecule has 0 bridgehead atoms. The van der Waals surface area contributed by atoms with Gasteiger partial charge in [0.15, 0.2) is 0 Å². The lowest BCUT2D eigenvalue weighted by Crippen LogP contribution is -1.89. The van der Waals surface area contributed by atoms with Crippen LogP contribution in [0.25, 0.3) is 0 Å². The van der Waals surface area contributed by atoms with Crippen LogP contribution >= 0.6 is 0 Å². The summed E-state index contributed by atoms with van der Waals surface area (Å²) in [5.41, 5.74) is 3.64. The lowest BCUT2D eigenvalue weighted by atomic mass is 10.0. The van der Waals surface area contributed by atoms with Crippen molar-refractivity contribution in [1.29, 1.82) is 0 Å². The lowest BCUT2D eigenvalue weighted by Gasteiger charge is -2.04. The first-order chi connectivity index (χ1) is 8.25. The van der Waals surface area contributed by atoms with Crippen molar-refractivity contribution in [3.63, 3.8) is 0 Å². The summed E-state index contributed by atoms with van der Waals surface area (Å²) in [6.45, 7) is 4.24. The fourth-order valence-corrected chi connectivity index (χ4v) is 1.65. The van der Waals surface area contributed by atoms with Crippen LogP contribution in [0.3, 0.4) is 0 Å². The molecule has 0 saturated heterocycles. The van der Waals surface area contributed by atoms with Gasteiger partial charge in [-0.15, -0.1) is 0 Å². The topological polar surface area (TPSA) is 0 Å². The average molecular weight is 220 g/mol. The maximum Gasteiger partial charge on any atom is 0.0427 e. The van der Waals surface area contributed by atoms with Crippen molar-refractivity contribution in [1.82, 2.24) is 0 Å². The van der Waals surface area contributed by atoms with Gasteiger partial charge in [0.1, 0.15) is 0 Å². The van der Waals surface area contributed by atoms with Crippen molar-refractivity contribution in [2.45, 2.75) is 19.8 Å². The minimum Gasteiger partial charge on any atom is -0.0900 e. The number of hydrogen-bond acceptors (Lipinski definition) is 0. The van der Waals surface area contributed by atoms with Gasteiger partial charge in [0.2, 0.25) is 0 Å². The Balaban J connectivity index is 2.15. The summed E-state index contributed by atoms with van der Waals surface area (Å²) in [7, 11) is 0. The number of benzene rings is 2. The molecule has 2 rings (SSSR count). The maximum atomic E-state index is 3.28. The first-order valence-electron chi connectivity index (χ1n) is 5.89. The van der Waals surface area contributed by atoms with Gasteiger partial charge >= 0.3 is 0 Å². The molecule has 0 amide bonds. The van der Waals surface area contributed by atoms with Crippen molar-refractivity contribution in [2.24, 2.45) is 0 Å². The second-order valence-corrected chi connectivity index (χ2v) is 4.27. The van der Waals surface area contributed by atoms with E-state index in [0.717, 1.165) is 5.56 Å². The molecule has 0 heterocycles. The van der Waals surface area contributed by atoms with E-state index in [1.54, 1.807) is 0 Å². The molecule has 0 saturated carbocycles. The Morgan fingerprint density at radius 1 is 0.882 bits per heavy atom. The Kier molecular flexibility index (Phi) is 3.62. The second kappa shape index (κ2) is 5.37. The van der Waals surface area contributed by atoms with E-state index in [1.807, 2.05) is 30.3 Å². The quantitative estimate of drug-likeness (QED) is 0.633. The van der Waals surface area contributed by atoms with Crippen LogP contribution in [-0.2, 0) is 0 Å². The van der Waals surface area contributed by atoms with Gasteiger partial charge in [0, 0.05) is 11.5 Å². The summed E-state index contributed by atoms with van der Waals surface area (Å²) >= 11 is 0. The van der Waals surface area contributed by atoms with Gasteiger partial charge in [0.05, 0.1) is 0 Å². The normalized spacial score (nSPS) is 11.4. The Morgan fingerprint density at radius 3 is 2.18 bits per heavy atom. The zero-order chi connectivity index (χ0) is 12.1. The zero-order valence-electron chi connectivity index (χ0n) is 10.3. The molecular formula is C17H16. The third kappa shape index (κ3) is 3.23. The highest BCUT2D eigenvalue weighted by atomic mass is 14.0. The van der Waals surface area contributed by atoms with Gasteiger partial charge in [-0.1, -0.05) is 59.9 Å². The van der Waals surface area contributed by atoms with E-state index in [1.165, 1.54) is 11.1 Å². The van der Waals surface area contributed by atoms with Crippen LogP contribution in [0.4, 0.5) is 0 Å². The lowest BCUT2D eigenvalue weighted by molar-refractivity contribution is 1.00. The first-order valence-corrected chi connectivity index (χ1v) is 5.89. The molecule has 0 heteroatoms. The molecule has 0 aliphatic carbocycles. The summed E-state index contributed by atoms with van der Waals surface area (Å²) in [6.07, 6.45) is 0. The monoisotopic (exact) mass is 220 g/mol. The highest BCUT2D eigenvalue weighted by Crippen LogP contribution is 2.14. The highest BCUT2D eigenvalue weighted by Gasteiger charge is 2.00. The Bertz CT molecular complexity index is 524. The standard InChI is InChI=1S/C17H16/c1-14-8-12-17(13-9-14)15(2)10-11-16-6-4-3-5-7-16/h3-9,12-13,15H,1-2H3. The smallest absolute Gasteiger partial charge is 0.0427 e. The summed E-state index contributed by atoms with van der Waals surface area (Å²) in [5.74, 6) is 6.77. The number of aryl methyl sites for hydroxylation is 1. The highest BCUT2D eigenvalue weighted by molar-refractivity contribution is 5.37. The van der Waals surface area contributed by atoms with Crippen molar-refractivity contribution >= 4 is 0 Å². The Morgan fingerprint density at radius 2 is 1.53 bits per heavy atom. The van der Waals surface area contributed by atoms with Crippen LogP contribution < -0.4 is 0 Å². The Labute approximate surface area is 103 Å². The molecule has 17 heavy (non-hydrogen) atoms. The van der Waals surface area contributed by atoms with E-state index in [4.69, 9.17) is 0 Å². The van der Waals surface area contributed by atoms with Gasteiger partial charge in [-0.05, 0) is 31.5 Å². The average Bonchev–Trinajstić information content (AvgIpc) is 2.38. The second-order valence-electron chi connectivity index (χ2n) is 4.27. The molecule has 0 N–H and O–H groups in total. The fraction of sp³-hybridized carbons (Fsp3) is 0.176. The van der Waals surface area contributed by atoms with E-state index < -0.39 is 0 Å².